The third-order valence-corrected chi connectivity index (χ3v) is 1.13. The molecule has 54 valence electrons. The van der Waals surface area contributed by atoms with Crippen molar-refractivity contribution in [2.24, 2.45) is 0 Å². The van der Waals surface area contributed by atoms with E-state index in [-0.39, 0.29) is 13.2 Å². The zero-order valence-corrected chi connectivity index (χ0v) is 4.77. The molecule has 0 amide bonds. The van der Waals surface area contributed by atoms with Crippen LogP contribution in [-0.4, -0.2) is 46.1 Å². The van der Waals surface area contributed by atoms with Gasteiger partial charge in [-0.1, -0.05) is 0 Å². The van der Waals surface area contributed by atoms with Crippen LogP contribution in [0.3, 0.4) is 0 Å². The summed E-state index contributed by atoms with van der Waals surface area (Å²) in [4.78, 5) is 0. The minimum Gasteiger partial charge on any atom is -0.603 e. The molecule has 1 fully saturated rings. The Bertz CT molecular complexity index is 104. The summed E-state index contributed by atoms with van der Waals surface area (Å²) in [5, 5.41) is 25.6. The molecular formula is C3H9BO5. The average Bonchev–Trinajstić information content (AvgIpc) is 2.10. The molecule has 0 aliphatic carbocycles. The van der Waals surface area contributed by atoms with Gasteiger partial charge in [-0.25, -0.2) is 0 Å². The summed E-state index contributed by atoms with van der Waals surface area (Å²) in [6, 6.07) is 0. The third kappa shape index (κ3) is 1.63. The maximum Gasteiger partial charge on any atom is 0.725 e. The zero-order chi connectivity index (χ0) is 6.91. The Morgan fingerprint density at radius 3 is 2.56 bits per heavy atom. The van der Waals surface area contributed by atoms with Crippen LogP contribution in [0.15, 0.2) is 0 Å². The van der Waals surface area contributed by atoms with Crippen LogP contribution in [0.2, 0.25) is 0 Å². The summed E-state index contributed by atoms with van der Waals surface area (Å²) in [5.74, 6) is 0. The molecular weight excluding hydrogens is 127 g/mol. The van der Waals surface area contributed by atoms with Gasteiger partial charge in [0.05, 0.1) is 6.61 Å². The number of rotatable bonds is 1. The minimum atomic E-state index is -2.95. The summed E-state index contributed by atoms with van der Waals surface area (Å²) < 4.78 is 7.77. The van der Waals surface area contributed by atoms with E-state index in [9.17, 15) is 0 Å². The lowest BCUT2D eigenvalue weighted by molar-refractivity contribution is 0.0216. The number of hydrogen-bond acceptors (Lipinski definition) is 4. The molecule has 0 saturated carbocycles. The third-order valence-electron chi connectivity index (χ3n) is 1.13. The predicted octanol–water partition coefficient (Wildman–Crippen LogP) is -2.67. The fourth-order valence-corrected chi connectivity index (χ4v) is 0.700. The highest BCUT2D eigenvalue weighted by Gasteiger charge is 2.43. The first-order valence-corrected chi connectivity index (χ1v) is 2.69. The van der Waals surface area contributed by atoms with Gasteiger partial charge >= 0.3 is 6.96 Å². The van der Waals surface area contributed by atoms with Crippen molar-refractivity contribution in [2.75, 3.05) is 13.2 Å². The van der Waals surface area contributed by atoms with Crippen LogP contribution in [0, 0.1) is 0 Å². The number of aliphatic hydroxyl groups is 2. The molecule has 0 aromatic rings. The lowest BCUT2D eigenvalue weighted by Crippen LogP contribution is -2.40. The standard InChI is InChI=1S/C3H9BO5/c5-1-3-2-8-4(6,7)9-3/h3,5-8H,1-2H2. The van der Waals surface area contributed by atoms with Crippen molar-refractivity contribution >= 4 is 6.96 Å². The molecule has 1 unspecified atom stereocenters. The van der Waals surface area contributed by atoms with Crippen LogP contribution < -0.4 is 0 Å². The fourth-order valence-electron chi connectivity index (χ4n) is 0.700. The van der Waals surface area contributed by atoms with E-state index in [1.807, 2.05) is 0 Å². The van der Waals surface area contributed by atoms with Crippen LogP contribution in [0.5, 0.6) is 0 Å². The van der Waals surface area contributed by atoms with E-state index in [4.69, 9.17) is 15.2 Å². The summed E-state index contributed by atoms with van der Waals surface area (Å²) >= 11 is 0. The van der Waals surface area contributed by atoms with Gasteiger partial charge in [-0.3, -0.25) is 0 Å². The maximum absolute atomic E-state index is 8.61. The Balaban J connectivity index is 2.38. The van der Waals surface area contributed by atoms with Crippen molar-refractivity contribution in [2.45, 2.75) is 6.10 Å². The van der Waals surface area contributed by atoms with Gasteiger partial charge in [-0.05, 0) is 0 Å². The molecule has 4 N–H and O–H groups in total. The van der Waals surface area contributed by atoms with Crippen molar-refractivity contribution < 1.29 is 24.5 Å². The topological polar surface area (TPSA) is 82.7 Å². The van der Waals surface area contributed by atoms with Crippen LogP contribution in [0.25, 0.3) is 0 Å². The van der Waals surface area contributed by atoms with E-state index >= 15 is 0 Å². The van der Waals surface area contributed by atoms with E-state index in [1.54, 1.807) is 0 Å². The number of aliphatic hydroxyl groups excluding tert-OH is 1. The van der Waals surface area contributed by atoms with Crippen molar-refractivity contribution in [1.82, 2.24) is 0 Å². The van der Waals surface area contributed by atoms with E-state index in [0.717, 1.165) is 0 Å². The van der Waals surface area contributed by atoms with Gasteiger partial charge in [-0.2, -0.15) is 0 Å². The van der Waals surface area contributed by atoms with Crippen molar-refractivity contribution in [1.29, 1.82) is 0 Å². The SMILES string of the molecule is OCC1C[OH+][B-](O)(O)O1. The van der Waals surface area contributed by atoms with E-state index < -0.39 is 13.1 Å². The highest BCUT2D eigenvalue weighted by atomic mass is 16.8. The molecule has 1 rings (SSSR count). The molecule has 9 heavy (non-hydrogen) atoms. The lowest BCUT2D eigenvalue weighted by Gasteiger charge is -2.12. The Morgan fingerprint density at radius 1 is 1.67 bits per heavy atom. The second kappa shape index (κ2) is 2.24. The van der Waals surface area contributed by atoms with E-state index in [2.05, 4.69) is 9.31 Å². The zero-order valence-electron chi connectivity index (χ0n) is 4.77. The minimum absolute atomic E-state index is 0.156. The Labute approximate surface area is 51.9 Å². The molecule has 0 spiro atoms. The van der Waals surface area contributed by atoms with Gasteiger partial charge < -0.3 is 24.5 Å². The molecule has 1 saturated heterocycles. The van der Waals surface area contributed by atoms with Gasteiger partial charge in [0.15, 0.2) is 0 Å². The Hall–Kier alpha value is -0.135. The highest BCUT2D eigenvalue weighted by molar-refractivity contribution is 6.50. The van der Waals surface area contributed by atoms with Crippen LogP contribution in [0.4, 0.5) is 0 Å². The van der Waals surface area contributed by atoms with E-state index in [0.29, 0.717) is 0 Å². The second-order valence-electron chi connectivity index (χ2n) is 1.97. The number of hydrogen-bond donors (Lipinski definition) is 3. The van der Waals surface area contributed by atoms with E-state index in [1.165, 1.54) is 0 Å². The summed E-state index contributed by atoms with van der Waals surface area (Å²) in [7, 11) is 0. The molecule has 1 heterocycles. The lowest BCUT2D eigenvalue weighted by atomic mass is 10.1. The van der Waals surface area contributed by atoms with Crippen LogP contribution in [-0.2, 0) is 4.65 Å². The molecule has 1 atom stereocenters. The molecule has 6 heteroatoms. The largest absolute Gasteiger partial charge is 0.725 e. The Morgan fingerprint density at radius 2 is 2.33 bits per heavy atom. The van der Waals surface area contributed by atoms with Gasteiger partial charge in [0.2, 0.25) is 0 Å². The summed E-state index contributed by atoms with van der Waals surface area (Å²) in [6.07, 6.45) is -0.542. The van der Waals surface area contributed by atoms with Crippen molar-refractivity contribution in [3.63, 3.8) is 0 Å². The molecule has 0 aromatic carbocycles. The maximum atomic E-state index is 8.61. The second-order valence-corrected chi connectivity index (χ2v) is 1.97. The summed E-state index contributed by atoms with van der Waals surface area (Å²) in [6.45, 7) is -3.02. The monoisotopic (exact) mass is 136 g/mol. The first-order chi connectivity index (χ1) is 4.14. The first-order valence-electron chi connectivity index (χ1n) is 2.69. The van der Waals surface area contributed by atoms with Crippen molar-refractivity contribution in [3.8, 4) is 0 Å². The molecule has 1 aliphatic rings. The molecule has 0 radical (unpaired) electrons. The normalized spacial score (nSPS) is 33.0. The van der Waals surface area contributed by atoms with Crippen LogP contribution in [0.1, 0.15) is 0 Å². The summed E-state index contributed by atoms with van der Waals surface area (Å²) in [5.41, 5.74) is 0. The van der Waals surface area contributed by atoms with Gasteiger partial charge in [-0.15, -0.1) is 0 Å². The average molecular weight is 136 g/mol. The molecule has 0 aromatic heterocycles. The Kier molecular flexibility index (Phi) is 1.74. The predicted molar refractivity (Wildman–Crippen MR) is 29.2 cm³/mol. The van der Waals surface area contributed by atoms with Gasteiger partial charge in [0.25, 0.3) is 0 Å². The quantitative estimate of drug-likeness (QED) is 0.271. The first kappa shape index (κ1) is 6.98. The highest BCUT2D eigenvalue weighted by Crippen LogP contribution is 2.09. The van der Waals surface area contributed by atoms with Crippen molar-refractivity contribution in [3.05, 3.63) is 0 Å². The van der Waals surface area contributed by atoms with Gasteiger partial charge in [0.1, 0.15) is 12.7 Å². The fraction of sp³-hybridized carbons (Fsp3) is 1.00. The van der Waals surface area contributed by atoms with Gasteiger partial charge in [0, 0.05) is 0 Å². The molecule has 0 bridgehead atoms. The molecule has 1 aliphatic heterocycles. The van der Waals surface area contributed by atoms with Crippen LogP contribution >= 0.6 is 0 Å². The smallest absolute Gasteiger partial charge is 0.603 e. The molecule has 5 nitrogen and oxygen atoms in total.